The van der Waals surface area contributed by atoms with Crippen LogP contribution >= 0.6 is 0 Å². The van der Waals surface area contributed by atoms with E-state index in [1.807, 2.05) is 6.07 Å². The van der Waals surface area contributed by atoms with E-state index < -0.39 is 5.82 Å². The topological polar surface area (TPSA) is 59.4 Å². The van der Waals surface area contributed by atoms with Gasteiger partial charge >= 0.3 is 6.03 Å². The number of hydrogen-bond acceptors (Lipinski definition) is 3. The van der Waals surface area contributed by atoms with Gasteiger partial charge in [0.05, 0.1) is 11.6 Å². The second-order valence-electron chi connectivity index (χ2n) is 6.44. The SMILES string of the molecule is CCCN(C)C[C@@H]1CCN(C(=O)NCc2ccc(C#N)cc2F)C1. The number of nitriles is 1. The number of carbonyl (C=O) groups is 1. The molecule has 1 aliphatic heterocycles. The number of hydrogen-bond donors (Lipinski definition) is 1. The highest BCUT2D eigenvalue weighted by Gasteiger charge is 2.26. The average Bonchev–Trinajstić information content (AvgIpc) is 3.02. The van der Waals surface area contributed by atoms with Gasteiger partial charge in [0.25, 0.3) is 0 Å². The lowest BCUT2D eigenvalue weighted by atomic mass is 10.1. The van der Waals surface area contributed by atoms with Crippen molar-refractivity contribution in [3.8, 4) is 6.07 Å². The van der Waals surface area contributed by atoms with Gasteiger partial charge in [-0.25, -0.2) is 9.18 Å². The standard InChI is InChI=1S/C18H25FN4O/c1-3-7-22(2)12-15-6-8-23(13-15)18(24)21-11-16-5-4-14(10-20)9-17(16)19/h4-5,9,15H,3,6-8,11-13H2,1-2H3,(H,21,24)/t15-/m0/s1. The van der Waals surface area contributed by atoms with Crippen molar-refractivity contribution in [1.82, 2.24) is 15.1 Å². The highest BCUT2D eigenvalue weighted by atomic mass is 19.1. The Hall–Kier alpha value is -2.13. The van der Waals surface area contributed by atoms with Crippen LogP contribution < -0.4 is 5.32 Å². The maximum absolute atomic E-state index is 13.8. The quantitative estimate of drug-likeness (QED) is 0.871. The minimum absolute atomic E-state index is 0.132. The lowest BCUT2D eigenvalue weighted by Gasteiger charge is -2.21. The molecule has 0 bridgehead atoms. The molecule has 5 nitrogen and oxygen atoms in total. The molecule has 2 amide bonds. The van der Waals surface area contributed by atoms with Crippen LogP contribution in [0.1, 0.15) is 30.9 Å². The van der Waals surface area contributed by atoms with Gasteiger partial charge in [-0.3, -0.25) is 0 Å². The lowest BCUT2D eigenvalue weighted by Crippen LogP contribution is -2.39. The summed E-state index contributed by atoms with van der Waals surface area (Å²) in [5.41, 5.74) is 0.668. The Morgan fingerprint density at radius 2 is 2.33 bits per heavy atom. The molecule has 0 aromatic heterocycles. The number of rotatable bonds is 6. The molecule has 1 aromatic rings. The molecule has 2 rings (SSSR count). The maximum Gasteiger partial charge on any atom is 0.317 e. The molecule has 130 valence electrons. The molecule has 1 aromatic carbocycles. The minimum Gasteiger partial charge on any atom is -0.334 e. The number of nitrogens with one attached hydrogen (secondary N) is 1. The maximum atomic E-state index is 13.8. The van der Waals surface area contributed by atoms with Crippen molar-refractivity contribution in [2.75, 3.05) is 33.2 Å². The molecule has 6 heteroatoms. The van der Waals surface area contributed by atoms with Crippen LogP contribution in [0.25, 0.3) is 0 Å². The van der Waals surface area contributed by atoms with Gasteiger partial charge in [-0.2, -0.15) is 5.26 Å². The van der Waals surface area contributed by atoms with Crippen molar-refractivity contribution in [3.63, 3.8) is 0 Å². The molecule has 0 aliphatic carbocycles. The van der Waals surface area contributed by atoms with Crippen LogP contribution in [-0.2, 0) is 6.54 Å². The van der Waals surface area contributed by atoms with Crippen molar-refractivity contribution >= 4 is 6.03 Å². The van der Waals surface area contributed by atoms with E-state index in [0.29, 0.717) is 11.5 Å². The molecule has 1 heterocycles. The predicted octanol–water partition coefficient (Wildman–Crippen LogP) is 2.57. The van der Waals surface area contributed by atoms with Crippen molar-refractivity contribution in [2.24, 2.45) is 5.92 Å². The fraction of sp³-hybridized carbons (Fsp3) is 0.556. The first-order valence-electron chi connectivity index (χ1n) is 8.43. The van der Waals surface area contributed by atoms with E-state index in [2.05, 4.69) is 24.2 Å². The van der Waals surface area contributed by atoms with Gasteiger partial charge in [-0.15, -0.1) is 0 Å². The zero-order chi connectivity index (χ0) is 17.5. The van der Waals surface area contributed by atoms with Crippen LogP contribution in [0.4, 0.5) is 9.18 Å². The van der Waals surface area contributed by atoms with Gasteiger partial charge in [0, 0.05) is 31.7 Å². The Bertz CT molecular complexity index is 614. The molecule has 0 radical (unpaired) electrons. The normalized spacial score (nSPS) is 17.1. The number of likely N-dealkylation sites (tertiary alicyclic amines) is 1. The van der Waals surface area contributed by atoms with E-state index in [9.17, 15) is 9.18 Å². The van der Waals surface area contributed by atoms with Crippen molar-refractivity contribution in [2.45, 2.75) is 26.3 Å². The van der Waals surface area contributed by atoms with E-state index in [-0.39, 0.29) is 18.1 Å². The fourth-order valence-corrected chi connectivity index (χ4v) is 3.12. The van der Waals surface area contributed by atoms with Crippen LogP contribution in [-0.4, -0.2) is 49.1 Å². The summed E-state index contributed by atoms with van der Waals surface area (Å²) >= 11 is 0. The van der Waals surface area contributed by atoms with Gasteiger partial charge in [-0.1, -0.05) is 13.0 Å². The monoisotopic (exact) mass is 332 g/mol. The summed E-state index contributed by atoms with van der Waals surface area (Å²) in [4.78, 5) is 16.3. The molecule has 24 heavy (non-hydrogen) atoms. The molecular formula is C18H25FN4O. The van der Waals surface area contributed by atoms with Gasteiger partial charge in [0.1, 0.15) is 5.82 Å². The number of amides is 2. The van der Waals surface area contributed by atoms with Crippen molar-refractivity contribution < 1.29 is 9.18 Å². The second-order valence-corrected chi connectivity index (χ2v) is 6.44. The number of halogens is 1. The van der Waals surface area contributed by atoms with E-state index in [1.54, 1.807) is 17.0 Å². The largest absolute Gasteiger partial charge is 0.334 e. The first kappa shape index (κ1) is 18.2. The van der Waals surface area contributed by atoms with E-state index in [1.165, 1.54) is 6.07 Å². The summed E-state index contributed by atoms with van der Waals surface area (Å²) < 4.78 is 13.8. The minimum atomic E-state index is -0.463. The summed E-state index contributed by atoms with van der Waals surface area (Å²) in [6.07, 6.45) is 2.14. The number of carbonyl (C=O) groups excluding carboxylic acids is 1. The second kappa shape index (κ2) is 8.65. The van der Waals surface area contributed by atoms with Gasteiger partial charge in [0.15, 0.2) is 0 Å². The Kier molecular flexibility index (Phi) is 6.56. The first-order valence-corrected chi connectivity index (χ1v) is 8.43. The Morgan fingerprint density at radius 1 is 1.54 bits per heavy atom. The smallest absolute Gasteiger partial charge is 0.317 e. The highest BCUT2D eigenvalue weighted by molar-refractivity contribution is 5.74. The summed E-state index contributed by atoms with van der Waals surface area (Å²) in [5, 5.41) is 11.5. The Labute approximate surface area is 143 Å². The molecule has 1 aliphatic rings. The summed E-state index contributed by atoms with van der Waals surface area (Å²) in [7, 11) is 2.11. The number of benzene rings is 1. The molecule has 0 spiro atoms. The Balaban J connectivity index is 1.80. The summed E-state index contributed by atoms with van der Waals surface area (Å²) in [5.74, 6) is 0.0359. The number of urea groups is 1. The fourth-order valence-electron chi connectivity index (χ4n) is 3.12. The first-order chi connectivity index (χ1) is 11.5. The third kappa shape index (κ3) is 4.93. The molecular weight excluding hydrogens is 307 g/mol. The summed E-state index contributed by atoms with van der Waals surface area (Å²) in [6.45, 7) is 5.85. The highest BCUT2D eigenvalue weighted by Crippen LogP contribution is 2.17. The molecule has 1 saturated heterocycles. The van der Waals surface area contributed by atoms with Gasteiger partial charge < -0.3 is 15.1 Å². The van der Waals surface area contributed by atoms with Crippen LogP contribution in [0.3, 0.4) is 0 Å². The molecule has 0 saturated carbocycles. The van der Waals surface area contributed by atoms with Crippen LogP contribution in [0.15, 0.2) is 18.2 Å². The van der Waals surface area contributed by atoms with Crippen LogP contribution in [0, 0.1) is 23.1 Å². The molecule has 0 unspecified atom stereocenters. The predicted molar refractivity (Wildman–Crippen MR) is 90.8 cm³/mol. The zero-order valence-electron chi connectivity index (χ0n) is 14.4. The van der Waals surface area contributed by atoms with Crippen LogP contribution in [0.2, 0.25) is 0 Å². The molecule has 1 N–H and O–H groups in total. The Morgan fingerprint density at radius 3 is 3.00 bits per heavy atom. The molecule has 1 atom stereocenters. The van der Waals surface area contributed by atoms with E-state index in [4.69, 9.17) is 5.26 Å². The van der Waals surface area contributed by atoms with E-state index >= 15 is 0 Å². The van der Waals surface area contributed by atoms with Crippen LogP contribution in [0.5, 0.6) is 0 Å². The van der Waals surface area contributed by atoms with Crippen molar-refractivity contribution in [1.29, 1.82) is 5.26 Å². The van der Waals surface area contributed by atoms with Gasteiger partial charge in [-0.05, 0) is 44.5 Å². The number of nitrogens with zero attached hydrogens (tertiary/aromatic N) is 3. The third-order valence-corrected chi connectivity index (χ3v) is 4.36. The molecule has 1 fully saturated rings. The third-order valence-electron chi connectivity index (χ3n) is 4.36. The van der Waals surface area contributed by atoms with Crippen molar-refractivity contribution in [3.05, 3.63) is 35.1 Å². The van der Waals surface area contributed by atoms with Gasteiger partial charge in [0.2, 0.25) is 0 Å². The van der Waals surface area contributed by atoms with E-state index in [0.717, 1.165) is 39.0 Å². The summed E-state index contributed by atoms with van der Waals surface area (Å²) in [6, 6.07) is 6.03. The average molecular weight is 332 g/mol. The zero-order valence-corrected chi connectivity index (χ0v) is 14.4. The lowest BCUT2D eigenvalue weighted by molar-refractivity contribution is 0.203.